The predicted octanol–water partition coefficient (Wildman–Crippen LogP) is 3.08. The molecule has 0 aliphatic rings. The van der Waals surface area contributed by atoms with E-state index >= 15 is 0 Å². The average Bonchev–Trinajstić information content (AvgIpc) is 2.75. The van der Waals surface area contributed by atoms with Crippen molar-refractivity contribution in [2.75, 3.05) is 6.54 Å². The van der Waals surface area contributed by atoms with Crippen molar-refractivity contribution in [2.45, 2.75) is 13.5 Å². The third-order valence-corrected chi connectivity index (χ3v) is 3.61. The number of nitrogens with zero attached hydrogens (tertiary/aromatic N) is 2. The fourth-order valence-corrected chi connectivity index (χ4v) is 2.70. The molecule has 5 heteroatoms. The van der Waals surface area contributed by atoms with E-state index in [2.05, 4.69) is 43.5 Å². The molecule has 0 aromatic carbocycles. The highest BCUT2D eigenvalue weighted by Crippen LogP contribution is 2.28. The summed E-state index contributed by atoms with van der Waals surface area (Å²) in [6.07, 6.45) is 1.78. The van der Waals surface area contributed by atoms with Gasteiger partial charge in [0, 0.05) is 22.6 Å². The Balaban J connectivity index is 2.22. The molecule has 0 saturated heterocycles. The van der Waals surface area contributed by atoms with E-state index in [0.29, 0.717) is 0 Å². The van der Waals surface area contributed by atoms with Gasteiger partial charge in [0.2, 0.25) is 0 Å². The Kier molecular flexibility index (Phi) is 4.04. The molecule has 2 rings (SSSR count). The molecule has 0 saturated carbocycles. The molecule has 2 aromatic rings. The van der Waals surface area contributed by atoms with Crippen molar-refractivity contribution >= 4 is 27.3 Å². The van der Waals surface area contributed by atoms with Crippen LogP contribution < -0.4 is 5.32 Å². The molecular formula is C11H12BrN3S. The highest BCUT2D eigenvalue weighted by molar-refractivity contribution is 9.10. The van der Waals surface area contributed by atoms with Gasteiger partial charge in [-0.05, 0) is 34.6 Å². The number of pyridine rings is 1. The van der Waals surface area contributed by atoms with Crippen LogP contribution in [0.3, 0.4) is 0 Å². The topological polar surface area (TPSA) is 37.8 Å². The highest BCUT2D eigenvalue weighted by Gasteiger charge is 2.08. The molecule has 1 N–H and O–H groups in total. The zero-order valence-electron chi connectivity index (χ0n) is 8.90. The maximum Gasteiger partial charge on any atom is 0.143 e. The van der Waals surface area contributed by atoms with Gasteiger partial charge in [-0.15, -0.1) is 11.3 Å². The second-order valence-corrected chi connectivity index (χ2v) is 4.97. The van der Waals surface area contributed by atoms with Crippen molar-refractivity contribution in [3.63, 3.8) is 0 Å². The van der Waals surface area contributed by atoms with E-state index in [0.717, 1.165) is 34.0 Å². The highest BCUT2D eigenvalue weighted by atomic mass is 79.9. The van der Waals surface area contributed by atoms with Crippen LogP contribution >= 0.6 is 27.3 Å². The summed E-state index contributed by atoms with van der Waals surface area (Å²) in [6.45, 7) is 3.86. The van der Waals surface area contributed by atoms with Crippen LogP contribution in [0.5, 0.6) is 0 Å². The Morgan fingerprint density at radius 3 is 3.12 bits per heavy atom. The van der Waals surface area contributed by atoms with Crippen LogP contribution in [-0.2, 0) is 6.54 Å². The van der Waals surface area contributed by atoms with Crippen molar-refractivity contribution in [3.05, 3.63) is 33.9 Å². The van der Waals surface area contributed by atoms with Crippen LogP contribution in [0.4, 0.5) is 0 Å². The molecule has 84 valence electrons. The summed E-state index contributed by atoms with van der Waals surface area (Å²) in [5.74, 6) is 0. The van der Waals surface area contributed by atoms with Crippen molar-refractivity contribution in [3.8, 4) is 10.7 Å². The lowest BCUT2D eigenvalue weighted by Crippen LogP contribution is -2.11. The largest absolute Gasteiger partial charge is 0.311 e. The molecule has 2 aromatic heterocycles. The summed E-state index contributed by atoms with van der Waals surface area (Å²) < 4.78 is 0.986. The maximum absolute atomic E-state index is 4.54. The quantitative estimate of drug-likeness (QED) is 0.942. The Bertz CT molecular complexity index is 470. The molecule has 0 bridgehead atoms. The van der Waals surface area contributed by atoms with E-state index in [1.54, 1.807) is 17.5 Å². The number of thiazole rings is 1. The van der Waals surface area contributed by atoms with Gasteiger partial charge in [0.15, 0.2) is 0 Å². The fraction of sp³-hybridized carbons (Fsp3) is 0.273. The van der Waals surface area contributed by atoms with Gasteiger partial charge >= 0.3 is 0 Å². The first-order valence-corrected chi connectivity index (χ1v) is 6.74. The van der Waals surface area contributed by atoms with Gasteiger partial charge in [-0.25, -0.2) is 4.98 Å². The Morgan fingerprint density at radius 1 is 1.50 bits per heavy atom. The first kappa shape index (κ1) is 11.7. The molecule has 0 aliphatic heterocycles. The molecule has 0 atom stereocenters. The Labute approximate surface area is 107 Å². The summed E-state index contributed by atoms with van der Waals surface area (Å²) in [4.78, 5) is 8.87. The molecule has 0 fully saturated rings. The monoisotopic (exact) mass is 297 g/mol. The lowest BCUT2D eigenvalue weighted by atomic mass is 10.3. The fourth-order valence-electron chi connectivity index (χ4n) is 1.29. The molecule has 3 nitrogen and oxygen atoms in total. The van der Waals surface area contributed by atoms with E-state index in [4.69, 9.17) is 0 Å². The molecule has 16 heavy (non-hydrogen) atoms. The second-order valence-electron chi connectivity index (χ2n) is 3.26. The standard InChI is InChI=1S/C11H12BrN3S/c1-2-13-6-8-7-16-11(15-8)10-9(12)4-3-5-14-10/h3-5,7,13H,2,6H2,1H3. The van der Waals surface area contributed by atoms with Gasteiger partial charge in [-0.3, -0.25) is 4.98 Å². The van der Waals surface area contributed by atoms with Crippen LogP contribution in [0.2, 0.25) is 0 Å². The summed E-state index contributed by atoms with van der Waals surface area (Å²) in [5.41, 5.74) is 1.98. The maximum atomic E-state index is 4.54. The van der Waals surface area contributed by atoms with Gasteiger partial charge in [-0.1, -0.05) is 6.92 Å². The van der Waals surface area contributed by atoms with Gasteiger partial charge in [-0.2, -0.15) is 0 Å². The van der Waals surface area contributed by atoms with Crippen LogP contribution in [0.15, 0.2) is 28.2 Å². The van der Waals surface area contributed by atoms with Crippen LogP contribution in [0.25, 0.3) is 10.7 Å². The first-order chi connectivity index (χ1) is 7.81. The molecule has 0 spiro atoms. The number of hydrogen-bond acceptors (Lipinski definition) is 4. The van der Waals surface area contributed by atoms with Gasteiger partial charge in [0.1, 0.15) is 10.7 Å². The number of hydrogen-bond donors (Lipinski definition) is 1. The molecular weight excluding hydrogens is 286 g/mol. The first-order valence-electron chi connectivity index (χ1n) is 5.07. The van der Waals surface area contributed by atoms with Crippen molar-refractivity contribution in [1.29, 1.82) is 0 Å². The second kappa shape index (κ2) is 5.52. The SMILES string of the molecule is CCNCc1csc(-c2ncccc2Br)n1. The number of nitrogens with one attached hydrogen (secondary N) is 1. The van der Waals surface area contributed by atoms with Gasteiger partial charge < -0.3 is 5.32 Å². The Morgan fingerprint density at radius 2 is 2.38 bits per heavy atom. The minimum Gasteiger partial charge on any atom is -0.311 e. The van der Waals surface area contributed by atoms with E-state index in [1.807, 2.05) is 12.1 Å². The summed E-state index contributed by atoms with van der Waals surface area (Å²) in [7, 11) is 0. The lowest BCUT2D eigenvalue weighted by Gasteiger charge is -1.98. The minimum atomic E-state index is 0.817. The molecule has 0 amide bonds. The van der Waals surface area contributed by atoms with Crippen molar-refractivity contribution < 1.29 is 0 Å². The van der Waals surface area contributed by atoms with E-state index in [-0.39, 0.29) is 0 Å². The van der Waals surface area contributed by atoms with Crippen LogP contribution in [0, 0.1) is 0 Å². The van der Waals surface area contributed by atoms with E-state index in [1.165, 1.54) is 0 Å². The molecule has 0 unspecified atom stereocenters. The Hall–Kier alpha value is -0.780. The zero-order valence-corrected chi connectivity index (χ0v) is 11.3. The van der Waals surface area contributed by atoms with Crippen molar-refractivity contribution in [1.82, 2.24) is 15.3 Å². The average molecular weight is 298 g/mol. The third-order valence-electron chi connectivity index (χ3n) is 2.07. The van der Waals surface area contributed by atoms with Crippen molar-refractivity contribution in [2.24, 2.45) is 0 Å². The molecule has 0 radical (unpaired) electrons. The summed E-state index contributed by atoms with van der Waals surface area (Å²) in [6, 6.07) is 3.88. The van der Waals surface area contributed by atoms with E-state index in [9.17, 15) is 0 Å². The number of rotatable bonds is 4. The summed E-state index contributed by atoms with van der Waals surface area (Å²) >= 11 is 5.11. The zero-order chi connectivity index (χ0) is 11.4. The number of halogens is 1. The molecule has 0 aliphatic carbocycles. The summed E-state index contributed by atoms with van der Waals surface area (Å²) in [5, 5.41) is 6.28. The number of aromatic nitrogens is 2. The van der Waals surface area contributed by atoms with Crippen LogP contribution in [0.1, 0.15) is 12.6 Å². The smallest absolute Gasteiger partial charge is 0.143 e. The minimum absolute atomic E-state index is 0.817. The van der Waals surface area contributed by atoms with Gasteiger partial charge in [0.25, 0.3) is 0 Å². The van der Waals surface area contributed by atoms with E-state index < -0.39 is 0 Å². The predicted molar refractivity (Wildman–Crippen MR) is 70.4 cm³/mol. The third kappa shape index (κ3) is 2.66. The molecule has 2 heterocycles. The van der Waals surface area contributed by atoms with Gasteiger partial charge in [0.05, 0.1) is 5.69 Å². The lowest BCUT2D eigenvalue weighted by molar-refractivity contribution is 0.714. The normalized spacial score (nSPS) is 10.6. The van der Waals surface area contributed by atoms with Crippen LogP contribution in [-0.4, -0.2) is 16.5 Å².